The quantitative estimate of drug-likeness (QED) is 0.681. The Balaban J connectivity index is 1.59. The number of fused-ring (bicyclic) bond motifs is 1. The molecule has 0 unspecified atom stereocenters. The predicted molar refractivity (Wildman–Crippen MR) is 120 cm³/mol. The van der Waals surface area contributed by atoms with Gasteiger partial charge in [0.25, 0.3) is 0 Å². The van der Waals surface area contributed by atoms with Crippen LogP contribution in [0.4, 0.5) is 5.69 Å². The van der Waals surface area contributed by atoms with Gasteiger partial charge in [0.15, 0.2) is 0 Å². The molecular weight excluding hydrogens is 430 g/mol. The number of hydrogen-bond donors (Lipinski definition) is 0. The predicted octanol–water partition coefficient (Wildman–Crippen LogP) is 1.64. The molecule has 4 rings (SSSR count). The van der Waals surface area contributed by atoms with E-state index in [2.05, 4.69) is 0 Å². The first-order chi connectivity index (χ1) is 15.3. The molecule has 0 saturated carbocycles. The Morgan fingerprint density at radius 3 is 2.44 bits per heavy atom. The summed E-state index contributed by atoms with van der Waals surface area (Å²) < 4.78 is 32.8. The van der Waals surface area contributed by atoms with Crippen molar-refractivity contribution in [2.45, 2.75) is 30.8 Å². The molecule has 0 bridgehead atoms. The van der Waals surface area contributed by atoms with Crippen LogP contribution >= 0.6 is 0 Å². The Labute approximate surface area is 188 Å². The molecule has 2 heterocycles. The van der Waals surface area contributed by atoms with Gasteiger partial charge in [0.2, 0.25) is 21.8 Å². The Bertz CT molecular complexity index is 1110. The lowest BCUT2D eigenvalue weighted by atomic mass is 10.1. The number of carbonyl (C=O) groups is 2. The minimum Gasteiger partial charge on any atom is -0.379 e. The van der Waals surface area contributed by atoms with Crippen LogP contribution in [-0.2, 0) is 37.3 Å². The van der Waals surface area contributed by atoms with Gasteiger partial charge in [-0.3, -0.25) is 14.5 Å². The fourth-order valence-corrected chi connectivity index (χ4v) is 5.76. The van der Waals surface area contributed by atoms with E-state index in [9.17, 15) is 18.0 Å². The molecule has 2 aliphatic rings. The van der Waals surface area contributed by atoms with Crippen molar-refractivity contribution in [3.05, 3.63) is 59.7 Å². The maximum Gasteiger partial charge on any atom is 0.246 e. The van der Waals surface area contributed by atoms with Crippen molar-refractivity contribution in [3.8, 4) is 0 Å². The molecule has 0 aromatic heterocycles. The molecule has 170 valence electrons. The van der Waals surface area contributed by atoms with Crippen LogP contribution in [0.1, 0.15) is 18.1 Å². The first kappa shape index (κ1) is 22.4. The zero-order valence-electron chi connectivity index (χ0n) is 18.2. The van der Waals surface area contributed by atoms with Gasteiger partial charge in [-0.1, -0.05) is 30.3 Å². The van der Waals surface area contributed by atoms with Gasteiger partial charge in [0.1, 0.15) is 6.04 Å². The van der Waals surface area contributed by atoms with Crippen molar-refractivity contribution in [1.82, 2.24) is 9.21 Å². The van der Waals surface area contributed by atoms with Crippen LogP contribution < -0.4 is 4.90 Å². The second-order valence-corrected chi connectivity index (χ2v) is 10.0. The van der Waals surface area contributed by atoms with E-state index in [0.29, 0.717) is 44.1 Å². The van der Waals surface area contributed by atoms with Crippen molar-refractivity contribution in [3.63, 3.8) is 0 Å². The van der Waals surface area contributed by atoms with Crippen LogP contribution in [0, 0.1) is 0 Å². The number of ether oxygens (including phenoxy) is 1. The molecule has 1 saturated heterocycles. The maximum atomic E-state index is 13.3. The second kappa shape index (κ2) is 9.01. The third-order valence-electron chi connectivity index (χ3n) is 5.91. The SMILES string of the molecule is CC(=O)N1c2ccc(S(=O)(=O)N3CCOCC3)cc2C[C@H]1C(=O)N(C)Cc1ccccc1. The van der Waals surface area contributed by atoms with Gasteiger partial charge in [0.05, 0.1) is 18.1 Å². The normalized spacial score (nSPS) is 18.9. The van der Waals surface area contributed by atoms with E-state index in [1.807, 2.05) is 30.3 Å². The highest BCUT2D eigenvalue weighted by Gasteiger charge is 2.39. The average Bonchev–Trinajstić information content (AvgIpc) is 3.19. The molecule has 0 aliphatic carbocycles. The molecule has 9 heteroatoms. The van der Waals surface area contributed by atoms with E-state index >= 15 is 0 Å². The maximum absolute atomic E-state index is 13.3. The van der Waals surface area contributed by atoms with Crippen LogP contribution in [0.25, 0.3) is 0 Å². The standard InChI is InChI=1S/C23H27N3O5S/c1-17(27)26-21-9-8-20(32(29,30)25-10-12-31-13-11-25)14-19(21)15-22(26)23(28)24(2)16-18-6-4-3-5-7-18/h3-9,14,22H,10-13,15-16H2,1-2H3/t22-/m0/s1. The van der Waals surface area contributed by atoms with Gasteiger partial charge >= 0.3 is 0 Å². The van der Waals surface area contributed by atoms with E-state index in [-0.39, 0.29) is 23.1 Å². The van der Waals surface area contributed by atoms with Gasteiger partial charge in [0, 0.05) is 45.7 Å². The van der Waals surface area contributed by atoms with Crippen molar-refractivity contribution >= 4 is 27.5 Å². The lowest BCUT2D eigenvalue weighted by Gasteiger charge is -2.28. The number of anilines is 1. The average molecular weight is 458 g/mol. The van der Waals surface area contributed by atoms with Crippen LogP contribution in [-0.4, -0.2) is 68.8 Å². The highest BCUT2D eigenvalue weighted by Crippen LogP contribution is 2.35. The molecule has 2 amide bonds. The molecule has 1 atom stereocenters. The minimum absolute atomic E-state index is 0.174. The third kappa shape index (κ3) is 4.28. The molecule has 0 spiro atoms. The van der Waals surface area contributed by atoms with Crippen LogP contribution in [0.3, 0.4) is 0 Å². The number of amides is 2. The number of sulfonamides is 1. The van der Waals surface area contributed by atoms with Crippen molar-refractivity contribution < 1.29 is 22.7 Å². The van der Waals surface area contributed by atoms with Crippen molar-refractivity contribution in [1.29, 1.82) is 0 Å². The summed E-state index contributed by atoms with van der Waals surface area (Å²) in [4.78, 5) is 29.0. The first-order valence-corrected chi connectivity index (χ1v) is 12.0. The number of carbonyl (C=O) groups excluding carboxylic acids is 2. The summed E-state index contributed by atoms with van der Waals surface area (Å²) in [6.07, 6.45) is 0.277. The van der Waals surface area contributed by atoms with Crippen molar-refractivity contribution in [2.75, 3.05) is 38.3 Å². The topological polar surface area (TPSA) is 87.2 Å². The van der Waals surface area contributed by atoms with E-state index in [4.69, 9.17) is 4.74 Å². The van der Waals surface area contributed by atoms with Gasteiger partial charge in [-0.25, -0.2) is 8.42 Å². The summed E-state index contributed by atoms with van der Waals surface area (Å²) in [6.45, 7) is 3.20. The molecule has 2 aromatic rings. The van der Waals surface area contributed by atoms with Crippen LogP contribution in [0.2, 0.25) is 0 Å². The number of likely N-dealkylation sites (N-methyl/N-ethyl adjacent to an activating group) is 1. The van der Waals surface area contributed by atoms with Crippen LogP contribution in [0.15, 0.2) is 53.4 Å². The van der Waals surface area contributed by atoms with E-state index in [1.165, 1.54) is 22.2 Å². The number of morpholine rings is 1. The summed E-state index contributed by atoms with van der Waals surface area (Å²) in [5.74, 6) is -0.433. The smallest absolute Gasteiger partial charge is 0.246 e. The molecule has 2 aliphatic heterocycles. The third-order valence-corrected chi connectivity index (χ3v) is 7.80. The number of benzene rings is 2. The summed E-state index contributed by atoms with van der Waals surface area (Å²) >= 11 is 0. The number of hydrogen-bond acceptors (Lipinski definition) is 5. The molecule has 2 aromatic carbocycles. The summed E-state index contributed by atoms with van der Waals surface area (Å²) in [7, 11) is -1.95. The second-order valence-electron chi connectivity index (χ2n) is 8.10. The molecule has 32 heavy (non-hydrogen) atoms. The monoisotopic (exact) mass is 457 g/mol. The van der Waals surface area contributed by atoms with Gasteiger partial charge < -0.3 is 9.64 Å². The fraction of sp³-hybridized carbons (Fsp3) is 0.391. The Hall–Kier alpha value is -2.75. The fourth-order valence-electron chi connectivity index (χ4n) is 4.30. The van der Waals surface area contributed by atoms with Crippen molar-refractivity contribution in [2.24, 2.45) is 0 Å². The molecule has 0 N–H and O–H groups in total. The first-order valence-electron chi connectivity index (χ1n) is 10.6. The Kier molecular flexibility index (Phi) is 6.32. The van der Waals surface area contributed by atoms with E-state index in [1.54, 1.807) is 24.1 Å². The highest BCUT2D eigenvalue weighted by atomic mass is 32.2. The van der Waals surface area contributed by atoms with E-state index in [0.717, 1.165) is 5.56 Å². The van der Waals surface area contributed by atoms with Gasteiger partial charge in [-0.05, 0) is 29.3 Å². The lowest BCUT2D eigenvalue weighted by molar-refractivity contribution is -0.133. The summed E-state index contributed by atoms with van der Waals surface area (Å²) in [5, 5.41) is 0. The highest BCUT2D eigenvalue weighted by molar-refractivity contribution is 7.89. The molecule has 8 nitrogen and oxygen atoms in total. The lowest BCUT2D eigenvalue weighted by Crippen LogP contribution is -2.47. The largest absolute Gasteiger partial charge is 0.379 e. The zero-order valence-corrected chi connectivity index (χ0v) is 19.0. The Morgan fingerprint density at radius 2 is 1.78 bits per heavy atom. The number of nitrogens with zero attached hydrogens (tertiary/aromatic N) is 3. The van der Waals surface area contributed by atoms with Crippen LogP contribution in [0.5, 0.6) is 0 Å². The Morgan fingerprint density at radius 1 is 1.09 bits per heavy atom. The minimum atomic E-state index is -3.66. The van der Waals surface area contributed by atoms with Gasteiger partial charge in [-0.15, -0.1) is 0 Å². The molecular formula is C23H27N3O5S. The van der Waals surface area contributed by atoms with E-state index < -0.39 is 16.1 Å². The molecule has 1 fully saturated rings. The zero-order chi connectivity index (χ0) is 22.9. The molecule has 0 radical (unpaired) electrons. The summed E-state index contributed by atoms with van der Waals surface area (Å²) in [5.41, 5.74) is 2.26. The van der Waals surface area contributed by atoms with Gasteiger partial charge in [-0.2, -0.15) is 4.31 Å². The summed E-state index contributed by atoms with van der Waals surface area (Å²) in [6, 6.07) is 13.7. The number of rotatable bonds is 5.